The summed E-state index contributed by atoms with van der Waals surface area (Å²) in [6, 6.07) is 10.9. The van der Waals surface area contributed by atoms with Crippen LogP contribution in [-0.2, 0) is 10.0 Å². The summed E-state index contributed by atoms with van der Waals surface area (Å²) in [6.45, 7) is 5.18. The van der Waals surface area contributed by atoms with Crippen LogP contribution in [0.15, 0.2) is 41.3 Å². The highest BCUT2D eigenvalue weighted by molar-refractivity contribution is 7.89. The lowest BCUT2D eigenvalue weighted by molar-refractivity contribution is 0.346. The summed E-state index contributed by atoms with van der Waals surface area (Å²) < 4.78 is 32.8. The lowest BCUT2D eigenvalue weighted by Crippen LogP contribution is -2.35. The van der Waals surface area contributed by atoms with E-state index in [1.54, 1.807) is 22.5 Å². The molecule has 8 heteroatoms. The molecule has 1 saturated heterocycles. The first-order chi connectivity index (χ1) is 13.8. The van der Waals surface area contributed by atoms with Gasteiger partial charge in [0, 0.05) is 24.8 Å². The van der Waals surface area contributed by atoms with Crippen molar-refractivity contribution in [2.24, 2.45) is 0 Å². The van der Waals surface area contributed by atoms with Crippen molar-refractivity contribution in [1.29, 1.82) is 0 Å². The predicted molar refractivity (Wildman–Crippen MR) is 121 cm³/mol. The molecule has 156 valence electrons. The van der Waals surface area contributed by atoms with Gasteiger partial charge < -0.3 is 15.4 Å². The van der Waals surface area contributed by atoms with Crippen molar-refractivity contribution in [3.63, 3.8) is 0 Å². The lowest BCUT2D eigenvalue weighted by atomic mass is 10.1. The number of thiocarbonyl (C=S) groups is 1. The van der Waals surface area contributed by atoms with Gasteiger partial charge in [0.05, 0.1) is 17.7 Å². The van der Waals surface area contributed by atoms with E-state index >= 15 is 0 Å². The summed E-state index contributed by atoms with van der Waals surface area (Å²) in [5, 5.41) is 6.65. The predicted octanol–water partition coefficient (Wildman–Crippen LogP) is 4.30. The smallest absolute Gasteiger partial charge is 0.243 e. The third kappa shape index (κ3) is 5.26. The summed E-state index contributed by atoms with van der Waals surface area (Å²) in [5.41, 5.74) is 3.77. The Bertz CT molecular complexity index is 980. The molecule has 6 nitrogen and oxygen atoms in total. The molecule has 2 aromatic carbocycles. The van der Waals surface area contributed by atoms with Crippen LogP contribution in [0.1, 0.15) is 30.4 Å². The Kier molecular flexibility index (Phi) is 6.77. The second kappa shape index (κ2) is 9.11. The molecule has 0 unspecified atom stereocenters. The highest BCUT2D eigenvalue weighted by Gasteiger charge is 2.26. The number of ether oxygens (including phenoxy) is 1. The minimum atomic E-state index is -3.52. The lowest BCUT2D eigenvalue weighted by Gasteiger charge is -2.26. The van der Waals surface area contributed by atoms with E-state index < -0.39 is 10.0 Å². The van der Waals surface area contributed by atoms with Crippen molar-refractivity contribution >= 4 is 38.7 Å². The fourth-order valence-electron chi connectivity index (χ4n) is 3.52. The van der Waals surface area contributed by atoms with Crippen molar-refractivity contribution in [1.82, 2.24) is 4.31 Å². The zero-order valence-corrected chi connectivity index (χ0v) is 18.6. The molecule has 0 saturated carbocycles. The summed E-state index contributed by atoms with van der Waals surface area (Å²) in [6.07, 6.45) is 2.87. The molecule has 2 N–H and O–H groups in total. The van der Waals surface area contributed by atoms with E-state index in [2.05, 4.69) is 16.7 Å². The van der Waals surface area contributed by atoms with Crippen LogP contribution in [0.4, 0.5) is 11.4 Å². The normalized spacial score (nSPS) is 15.0. The van der Waals surface area contributed by atoms with Crippen LogP contribution in [-0.4, -0.2) is 38.0 Å². The third-order valence-electron chi connectivity index (χ3n) is 4.85. The highest BCUT2D eigenvalue weighted by atomic mass is 32.2. The van der Waals surface area contributed by atoms with Gasteiger partial charge in [0.1, 0.15) is 5.75 Å². The Balaban J connectivity index is 1.77. The van der Waals surface area contributed by atoms with Crippen molar-refractivity contribution in [3.05, 3.63) is 47.5 Å². The average Bonchev–Trinajstić information content (AvgIpc) is 2.68. The molecule has 0 radical (unpaired) electrons. The van der Waals surface area contributed by atoms with E-state index in [-0.39, 0.29) is 4.90 Å². The second-order valence-corrected chi connectivity index (χ2v) is 9.63. The molecule has 29 heavy (non-hydrogen) atoms. The van der Waals surface area contributed by atoms with Gasteiger partial charge in [-0.05, 0) is 74.3 Å². The standard InChI is InChI=1S/C21H27N3O3S2/c1-15-11-16(2)13-17(12-15)22-21(28)23-19-8-7-18(14-20(19)27-3)29(25,26)24-9-5-4-6-10-24/h7-8,11-14H,4-6,9-10H2,1-3H3,(H2,22,23,28). The summed E-state index contributed by atoms with van der Waals surface area (Å²) in [5.74, 6) is 0.424. The van der Waals surface area contributed by atoms with E-state index in [1.807, 2.05) is 26.0 Å². The van der Waals surface area contributed by atoms with Gasteiger partial charge in [-0.2, -0.15) is 4.31 Å². The van der Waals surface area contributed by atoms with Gasteiger partial charge in [-0.1, -0.05) is 12.5 Å². The average molecular weight is 434 g/mol. The van der Waals surface area contributed by atoms with E-state index in [4.69, 9.17) is 17.0 Å². The molecule has 0 bridgehead atoms. The number of nitrogens with one attached hydrogen (secondary N) is 2. The highest BCUT2D eigenvalue weighted by Crippen LogP contribution is 2.30. The van der Waals surface area contributed by atoms with Crippen molar-refractivity contribution in [2.45, 2.75) is 38.0 Å². The number of benzene rings is 2. The number of hydrogen-bond donors (Lipinski definition) is 2. The van der Waals surface area contributed by atoms with E-state index in [0.717, 1.165) is 36.1 Å². The minimum Gasteiger partial charge on any atom is -0.495 e. The Labute approximate surface area is 178 Å². The van der Waals surface area contributed by atoms with Gasteiger partial charge in [-0.25, -0.2) is 8.42 Å². The molecule has 0 aromatic heterocycles. The number of rotatable bonds is 5. The summed E-state index contributed by atoms with van der Waals surface area (Å²) in [7, 11) is -2.01. The van der Waals surface area contributed by atoms with Crippen LogP contribution in [0.2, 0.25) is 0 Å². The minimum absolute atomic E-state index is 0.231. The maximum absolute atomic E-state index is 12.9. The number of piperidine rings is 1. The number of nitrogens with zero attached hydrogens (tertiary/aromatic N) is 1. The van der Waals surface area contributed by atoms with E-state index in [1.165, 1.54) is 7.11 Å². The third-order valence-corrected chi connectivity index (χ3v) is 6.95. The first-order valence-electron chi connectivity index (χ1n) is 9.64. The molecule has 3 rings (SSSR count). The van der Waals surface area contributed by atoms with Crippen LogP contribution >= 0.6 is 12.2 Å². The van der Waals surface area contributed by atoms with Crippen LogP contribution < -0.4 is 15.4 Å². The molecule has 0 spiro atoms. The number of methoxy groups -OCH3 is 1. The Morgan fingerprint density at radius 3 is 2.28 bits per heavy atom. The molecule has 1 heterocycles. The Morgan fingerprint density at radius 2 is 1.66 bits per heavy atom. The van der Waals surface area contributed by atoms with E-state index in [9.17, 15) is 8.42 Å². The number of sulfonamides is 1. The summed E-state index contributed by atoms with van der Waals surface area (Å²) >= 11 is 5.42. The molecule has 1 fully saturated rings. The SMILES string of the molecule is COc1cc(S(=O)(=O)N2CCCCC2)ccc1NC(=S)Nc1cc(C)cc(C)c1. The molecule has 0 aliphatic carbocycles. The van der Waals surface area contributed by atoms with Crippen LogP contribution in [0.5, 0.6) is 5.75 Å². The molecular formula is C21H27N3O3S2. The van der Waals surface area contributed by atoms with Crippen molar-refractivity contribution < 1.29 is 13.2 Å². The Morgan fingerprint density at radius 1 is 1.00 bits per heavy atom. The van der Waals surface area contributed by atoms with Gasteiger partial charge in [0.25, 0.3) is 0 Å². The van der Waals surface area contributed by atoms with Crippen LogP contribution in [0.3, 0.4) is 0 Å². The van der Waals surface area contributed by atoms with Gasteiger partial charge in [0.15, 0.2) is 5.11 Å². The maximum atomic E-state index is 12.9. The number of anilines is 2. The molecule has 1 aliphatic heterocycles. The van der Waals surface area contributed by atoms with Gasteiger partial charge >= 0.3 is 0 Å². The fourth-order valence-corrected chi connectivity index (χ4v) is 5.28. The first-order valence-corrected chi connectivity index (χ1v) is 11.5. The van der Waals surface area contributed by atoms with Crippen LogP contribution in [0, 0.1) is 13.8 Å². The Hall–Kier alpha value is -2.16. The molecule has 0 amide bonds. The summed E-state index contributed by atoms with van der Waals surface area (Å²) in [4.78, 5) is 0.231. The van der Waals surface area contributed by atoms with Crippen LogP contribution in [0.25, 0.3) is 0 Å². The fraction of sp³-hybridized carbons (Fsp3) is 0.381. The van der Waals surface area contributed by atoms with Gasteiger partial charge in [0.2, 0.25) is 10.0 Å². The zero-order chi connectivity index (χ0) is 21.0. The topological polar surface area (TPSA) is 70.7 Å². The number of aryl methyl sites for hydroxylation is 2. The van der Waals surface area contributed by atoms with Gasteiger partial charge in [-0.15, -0.1) is 0 Å². The van der Waals surface area contributed by atoms with Gasteiger partial charge in [-0.3, -0.25) is 0 Å². The second-order valence-electron chi connectivity index (χ2n) is 7.28. The quantitative estimate of drug-likeness (QED) is 0.686. The van der Waals surface area contributed by atoms with Crippen molar-refractivity contribution in [3.8, 4) is 5.75 Å². The largest absolute Gasteiger partial charge is 0.495 e. The monoisotopic (exact) mass is 433 g/mol. The van der Waals surface area contributed by atoms with E-state index in [0.29, 0.717) is 29.6 Å². The number of hydrogen-bond acceptors (Lipinski definition) is 4. The first kappa shape index (κ1) is 21.5. The molecular weight excluding hydrogens is 406 g/mol. The molecule has 1 aliphatic rings. The maximum Gasteiger partial charge on any atom is 0.243 e. The molecule has 2 aromatic rings. The van der Waals surface area contributed by atoms with Crippen molar-refractivity contribution in [2.75, 3.05) is 30.8 Å². The zero-order valence-electron chi connectivity index (χ0n) is 17.0. The molecule has 0 atom stereocenters.